The van der Waals surface area contributed by atoms with Crippen LogP contribution in [0.1, 0.15) is 24.4 Å². The number of nitrogens with zero attached hydrogens (tertiary/aromatic N) is 2. The van der Waals surface area contributed by atoms with Crippen LogP contribution in [-0.4, -0.2) is 15.2 Å². The number of aromatic nitrogens is 3. The molecule has 0 spiro atoms. The van der Waals surface area contributed by atoms with Crippen LogP contribution in [0.15, 0.2) is 30.6 Å². The molecule has 0 radical (unpaired) electrons. The van der Waals surface area contributed by atoms with Crippen LogP contribution >= 0.6 is 11.6 Å². The molecule has 0 fully saturated rings. The summed E-state index contributed by atoms with van der Waals surface area (Å²) in [6.07, 6.45) is 1.50. The Morgan fingerprint density at radius 2 is 2.12 bits per heavy atom. The summed E-state index contributed by atoms with van der Waals surface area (Å²) in [6, 6.07) is 8.07. The summed E-state index contributed by atoms with van der Waals surface area (Å²) in [6.45, 7) is 2.77. The Hall–Kier alpha value is -1.39. The fourth-order valence-electron chi connectivity index (χ4n) is 1.44. The molecule has 1 heterocycles. The topological polar surface area (TPSA) is 53.6 Å². The quantitative estimate of drug-likeness (QED) is 0.857. The van der Waals surface area contributed by atoms with Crippen molar-refractivity contribution >= 4 is 11.6 Å². The largest absolute Gasteiger partial charge is 0.303 e. The first kappa shape index (κ1) is 11.1. The normalized spacial score (nSPS) is 12.6. The molecule has 0 saturated carbocycles. The number of halogens is 1. The summed E-state index contributed by atoms with van der Waals surface area (Å²) in [5, 5.41) is 10.7. The average molecular weight is 237 g/mol. The maximum absolute atomic E-state index is 5.83. The number of H-pyrrole nitrogens is 1. The molecule has 1 unspecified atom stereocenters. The van der Waals surface area contributed by atoms with Gasteiger partial charge in [-0.15, -0.1) is 0 Å². The maximum Gasteiger partial charge on any atom is 0.138 e. The predicted molar refractivity (Wildman–Crippen MR) is 63.1 cm³/mol. The van der Waals surface area contributed by atoms with Gasteiger partial charge in [0, 0.05) is 11.1 Å². The van der Waals surface area contributed by atoms with Crippen molar-refractivity contribution in [2.24, 2.45) is 0 Å². The Kier molecular flexibility index (Phi) is 3.54. The van der Waals surface area contributed by atoms with E-state index < -0.39 is 0 Å². The van der Waals surface area contributed by atoms with Crippen molar-refractivity contribution < 1.29 is 0 Å². The molecule has 5 heteroatoms. The van der Waals surface area contributed by atoms with Gasteiger partial charge in [0.1, 0.15) is 12.2 Å². The van der Waals surface area contributed by atoms with E-state index in [0.717, 1.165) is 10.8 Å². The Bertz CT molecular complexity index is 424. The number of aromatic amines is 1. The minimum absolute atomic E-state index is 0.252. The highest BCUT2D eigenvalue weighted by Gasteiger charge is 2.05. The van der Waals surface area contributed by atoms with Crippen LogP contribution in [0.25, 0.3) is 0 Å². The van der Waals surface area contributed by atoms with E-state index >= 15 is 0 Å². The predicted octanol–water partition coefficient (Wildman–Crippen LogP) is 2.31. The highest BCUT2D eigenvalue weighted by atomic mass is 35.5. The van der Waals surface area contributed by atoms with Gasteiger partial charge < -0.3 is 5.32 Å². The average Bonchev–Trinajstić information content (AvgIpc) is 2.80. The van der Waals surface area contributed by atoms with Crippen molar-refractivity contribution in [3.63, 3.8) is 0 Å². The van der Waals surface area contributed by atoms with Gasteiger partial charge in [-0.05, 0) is 24.6 Å². The van der Waals surface area contributed by atoms with Gasteiger partial charge in [-0.25, -0.2) is 4.98 Å². The first-order valence-corrected chi connectivity index (χ1v) is 5.46. The summed E-state index contributed by atoms with van der Waals surface area (Å²) < 4.78 is 0. The van der Waals surface area contributed by atoms with Crippen molar-refractivity contribution in [2.45, 2.75) is 19.5 Å². The molecule has 16 heavy (non-hydrogen) atoms. The van der Waals surface area contributed by atoms with Crippen molar-refractivity contribution in [3.05, 3.63) is 47.0 Å². The second-order valence-corrected chi connectivity index (χ2v) is 4.02. The molecular weight excluding hydrogens is 224 g/mol. The van der Waals surface area contributed by atoms with Crippen LogP contribution in [0.3, 0.4) is 0 Å². The molecule has 2 aromatic rings. The molecule has 2 N–H and O–H groups in total. The van der Waals surface area contributed by atoms with Crippen LogP contribution in [0, 0.1) is 0 Å². The van der Waals surface area contributed by atoms with Gasteiger partial charge in [0.15, 0.2) is 0 Å². The van der Waals surface area contributed by atoms with E-state index in [1.807, 2.05) is 24.3 Å². The molecule has 2 rings (SSSR count). The lowest BCUT2D eigenvalue weighted by Crippen LogP contribution is -2.18. The maximum atomic E-state index is 5.83. The van der Waals surface area contributed by atoms with E-state index in [9.17, 15) is 0 Å². The zero-order valence-electron chi connectivity index (χ0n) is 8.94. The molecule has 0 bridgehead atoms. The molecule has 0 aliphatic heterocycles. The summed E-state index contributed by atoms with van der Waals surface area (Å²) in [5.41, 5.74) is 1.20. The van der Waals surface area contributed by atoms with Crippen molar-refractivity contribution in [1.82, 2.24) is 20.5 Å². The standard InChI is InChI=1S/C11H13ClN4/c1-8(9-2-4-10(12)5-3-9)13-6-11-14-7-15-16-11/h2-5,7-8,13H,6H2,1H3,(H,14,15,16). The molecule has 0 aliphatic carbocycles. The number of benzene rings is 1. The van der Waals surface area contributed by atoms with E-state index in [-0.39, 0.29) is 6.04 Å². The van der Waals surface area contributed by atoms with E-state index in [0.29, 0.717) is 6.54 Å². The van der Waals surface area contributed by atoms with Crippen LogP contribution in [0.5, 0.6) is 0 Å². The van der Waals surface area contributed by atoms with Gasteiger partial charge in [0.2, 0.25) is 0 Å². The summed E-state index contributed by atoms with van der Waals surface area (Å²) >= 11 is 5.83. The van der Waals surface area contributed by atoms with Crippen molar-refractivity contribution in [2.75, 3.05) is 0 Å². The summed E-state index contributed by atoms with van der Waals surface area (Å²) in [4.78, 5) is 4.05. The highest BCUT2D eigenvalue weighted by Crippen LogP contribution is 2.16. The smallest absolute Gasteiger partial charge is 0.138 e. The second kappa shape index (κ2) is 5.09. The molecule has 0 saturated heterocycles. The third kappa shape index (κ3) is 2.81. The Labute approximate surface area is 99.1 Å². The van der Waals surface area contributed by atoms with E-state index in [1.165, 1.54) is 11.9 Å². The summed E-state index contributed by atoms with van der Waals surface area (Å²) in [5.74, 6) is 0.834. The molecular formula is C11H13ClN4. The van der Waals surface area contributed by atoms with Crippen LogP contribution < -0.4 is 5.32 Å². The molecule has 1 aromatic heterocycles. The van der Waals surface area contributed by atoms with Crippen LogP contribution in [-0.2, 0) is 6.54 Å². The van der Waals surface area contributed by atoms with Gasteiger partial charge in [-0.2, -0.15) is 5.10 Å². The van der Waals surface area contributed by atoms with Gasteiger partial charge in [0.05, 0.1) is 6.54 Å². The highest BCUT2D eigenvalue weighted by molar-refractivity contribution is 6.30. The number of hydrogen-bond donors (Lipinski definition) is 2. The van der Waals surface area contributed by atoms with Gasteiger partial charge in [-0.1, -0.05) is 23.7 Å². The zero-order valence-corrected chi connectivity index (χ0v) is 9.70. The first-order valence-electron chi connectivity index (χ1n) is 5.09. The van der Waals surface area contributed by atoms with E-state index in [4.69, 9.17) is 11.6 Å². The third-order valence-corrected chi connectivity index (χ3v) is 2.66. The Balaban J connectivity index is 1.93. The molecule has 1 aromatic carbocycles. The van der Waals surface area contributed by atoms with Gasteiger partial charge in [-0.3, -0.25) is 5.10 Å². The van der Waals surface area contributed by atoms with E-state index in [2.05, 4.69) is 27.4 Å². The zero-order chi connectivity index (χ0) is 11.4. The number of rotatable bonds is 4. The second-order valence-electron chi connectivity index (χ2n) is 3.59. The lowest BCUT2D eigenvalue weighted by atomic mass is 10.1. The van der Waals surface area contributed by atoms with Crippen LogP contribution in [0.2, 0.25) is 5.02 Å². The number of hydrogen-bond acceptors (Lipinski definition) is 3. The fraction of sp³-hybridized carbons (Fsp3) is 0.273. The Morgan fingerprint density at radius 1 is 1.38 bits per heavy atom. The lowest BCUT2D eigenvalue weighted by Gasteiger charge is -2.12. The SMILES string of the molecule is CC(NCc1ncn[nH]1)c1ccc(Cl)cc1. The van der Waals surface area contributed by atoms with Gasteiger partial charge in [0.25, 0.3) is 0 Å². The third-order valence-electron chi connectivity index (χ3n) is 2.41. The van der Waals surface area contributed by atoms with Crippen molar-refractivity contribution in [3.8, 4) is 0 Å². The van der Waals surface area contributed by atoms with Crippen molar-refractivity contribution in [1.29, 1.82) is 0 Å². The molecule has 1 atom stereocenters. The Morgan fingerprint density at radius 3 is 2.75 bits per heavy atom. The minimum atomic E-state index is 0.252. The molecule has 4 nitrogen and oxygen atoms in total. The van der Waals surface area contributed by atoms with Crippen LogP contribution in [0.4, 0.5) is 0 Å². The minimum Gasteiger partial charge on any atom is -0.303 e. The molecule has 0 amide bonds. The van der Waals surface area contributed by atoms with E-state index in [1.54, 1.807) is 0 Å². The monoisotopic (exact) mass is 236 g/mol. The number of nitrogens with one attached hydrogen (secondary N) is 2. The lowest BCUT2D eigenvalue weighted by molar-refractivity contribution is 0.560. The van der Waals surface area contributed by atoms with Gasteiger partial charge >= 0.3 is 0 Å². The molecule has 84 valence electrons. The summed E-state index contributed by atoms with van der Waals surface area (Å²) in [7, 11) is 0. The first-order chi connectivity index (χ1) is 7.75. The molecule has 0 aliphatic rings. The fourth-order valence-corrected chi connectivity index (χ4v) is 1.56.